The van der Waals surface area contributed by atoms with Crippen LogP contribution in [0.15, 0.2) is 24.5 Å². The van der Waals surface area contributed by atoms with Crippen molar-refractivity contribution in [1.29, 1.82) is 0 Å². The Balaban J connectivity index is 1.52. The minimum atomic E-state index is -0.346. The molecule has 7 nitrogen and oxygen atoms in total. The predicted octanol–water partition coefficient (Wildman–Crippen LogP) is -0.426. The second-order valence-electron chi connectivity index (χ2n) is 7.22. The molecule has 4 heterocycles. The highest BCUT2D eigenvalue weighted by atomic mass is 16.3. The normalized spacial score (nSPS) is 28.6. The fourth-order valence-corrected chi connectivity index (χ4v) is 4.41. The van der Waals surface area contributed by atoms with Crippen LogP contribution in [0.25, 0.3) is 0 Å². The summed E-state index contributed by atoms with van der Waals surface area (Å²) in [6.07, 6.45) is 3.58. The van der Waals surface area contributed by atoms with Crippen molar-refractivity contribution in [3.63, 3.8) is 0 Å². The number of carbonyl (C=O) groups excluding carboxylic acids is 2. The number of piperazine rings is 1. The summed E-state index contributed by atoms with van der Waals surface area (Å²) in [6.45, 7) is 4.70. The van der Waals surface area contributed by atoms with Crippen LogP contribution in [-0.4, -0.2) is 87.0 Å². The van der Waals surface area contributed by atoms with E-state index in [-0.39, 0.29) is 29.5 Å². The Morgan fingerprint density at radius 1 is 1.25 bits per heavy atom. The van der Waals surface area contributed by atoms with Gasteiger partial charge >= 0.3 is 0 Å². The third kappa shape index (κ3) is 2.39. The van der Waals surface area contributed by atoms with E-state index in [1.807, 2.05) is 9.80 Å². The molecule has 2 amide bonds. The Hall–Kier alpha value is -1.99. The summed E-state index contributed by atoms with van der Waals surface area (Å²) in [6, 6.07) is 3.72. The minimum absolute atomic E-state index is 0.0232. The quantitative estimate of drug-likeness (QED) is 0.756. The molecule has 1 N–H and O–H groups in total. The maximum absolute atomic E-state index is 12.6. The molecule has 128 valence electrons. The van der Waals surface area contributed by atoms with Crippen LogP contribution >= 0.6 is 0 Å². The average molecular weight is 330 g/mol. The van der Waals surface area contributed by atoms with Crippen molar-refractivity contribution in [3.05, 3.63) is 30.1 Å². The molecule has 0 aliphatic carbocycles. The average Bonchev–Trinajstić information content (AvgIpc) is 2.92. The van der Waals surface area contributed by atoms with Crippen molar-refractivity contribution < 1.29 is 14.7 Å². The first-order chi connectivity index (χ1) is 11.5. The Kier molecular flexibility index (Phi) is 3.58. The van der Waals surface area contributed by atoms with E-state index in [9.17, 15) is 14.7 Å². The van der Waals surface area contributed by atoms with Crippen molar-refractivity contribution in [2.75, 3.05) is 32.7 Å². The molecule has 0 radical (unpaired) electrons. The van der Waals surface area contributed by atoms with Crippen LogP contribution < -0.4 is 0 Å². The summed E-state index contributed by atoms with van der Waals surface area (Å²) < 4.78 is 0. The lowest BCUT2D eigenvalue weighted by Crippen LogP contribution is -2.79. The molecule has 0 aromatic carbocycles. The summed E-state index contributed by atoms with van der Waals surface area (Å²) >= 11 is 0. The van der Waals surface area contributed by atoms with Gasteiger partial charge in [0.15, 0.2) is 0 Å². The van der Waals surface area contributed by atoms with Crippen molar-refractivity contribution in [1.82, 2.24) is 19.7 Å². The van der Waals surface area contributed by atoms with Gasteiger partial charge in [0, 0.05) is 58.1 Å². The number of aliphatic hydroxyl groups is 1. The van der Waals surface area contributed by atoms with Gasteiger partial charge in [-0.05, 0) is 18.6 Å². The van der Waals surface area contributed by atoms with Gasteiger partial charge in [-0.15, -0.1) is 0 Å². The molecule has 1 spiro atoms. The molecular weight excluding hydrogens is 308 g/mol. The van der Waals surface area contributed by atoms with E-state index in [1.54, 1.807) is 31.5 Å². The van der Waals surface area contributed by atoms with E-state index >= 15 is 0 Å². The minimum Gasteiger partial charge on any atom is -0.392 e. The first kappa shape index (κ1) is 15.5. The highest BCUT2D eigenvalue weighted by Crippen LogP contribution is 2.39. The number of amides is 2. The van der Waals surface area contributed by atoms with Gasteiger partial charge < -0.3 is 14.9 Å². The van der Waals surface area contributed by atoms with Gasteiger partial charge in [0.05, 0.1) is 17.2 Å². The van der Waals surface area contributed by atoms with Crippen LogP contribution in [0.2, 0.25) is 0 Å². The second kappa shape index (κ2) is 5.53. The van der Waals surface area contributed by atoms with Gasteiger partial charge in [-0.3, -0.25) is 19.5 Å². The molecule has 3 aliphatic heterocycles. The Bertz CT molecular complexity index is 659. The standard InChI is InChI=1S/C17H22N4O3/c1-12(22)19-7-14-5-15(23)8-21(14)17(9-19)10-20(11-17)16(24)13-3-2-4-18-6-13/h2-4,6,14-15,23H,5,7-11H2,1H3. The maximum Gasteiger partial charge on any atom is 0.255 e. The maximum atomic E-state index is 12.6. The molecule has 0 saturated carbocycles. The molecule has 1 aromatic rings. The smallest absolute Gasteiger partial charge is 0.255 e. The van der Waals surface area contributed by atoms with Crippen molar-refractivity contribution >= 4 is 11.8 Å². The number of pyridine rings is 1. The number of hydrogen-bond donors (Lipinski definition) is 1. The summed E-state index contributed by atoms with van der Waals surface area (Å²) in [5.41, 5.74) is 0.369. The van der Waals surface area contributed by atoms with E-state index in [4.69, 9.17) is 0 Å². The number of nitrogens with zero attached hydrogens (tertiary/aromatic N) is 4. The first-order valence-electron chi connectivity index (χ1n) is 8.38. The van der Waals surface area contributed by atoms with Crippen LogP contribution in [0.5, 0.6) is 0 Å². The van der Waals surface area contributed by atoms with E-state index in [2.05, 4.69) is 9.88 Å². The molecule has 24 heavy (non-hydrogen) atoms. The Morgan fingerprint density at radius 3 is 2.67 bits per heavy atom. The molecule has 4 rings (SSSR count). The number of aromatic nitrogens is 1. The number of fused-ring (bicyclic) bond motifs is 2. The number of aliphatic hydroxyl groups excluding tert-OH is 1. The zero-order chi connectivity index (χ0) is 16.9. The van der Waals surface area contributed by atoms with Crippen LogP contribution in [0.3, 0.4) is 0 Å². The lowest BCUT2D eigenvalue weighted by Gasteiger charge is -2.60. The zero-order valence-electron chi connectivity index (χ0n) is 13.8. The van der Waals surface area contributed by atoms with Crippen LogP contribution in [0.4, 0.5) is 0 Å². The monoisotopic (exact) mass is 330 g/mol. The van der Waals surface area contributed by atoms with E-state index < -0.39 is 0 Å². The van der Waals surface area contributed by atoms with E-state index in [0.29, 0.717) is 44.7 Å². The molecule has 0 bridgehead atoms. The van der Waals surface area contributed by atoms with E-state index in [0.717, 1.165) is 0 Å². The number of rotatable bonds is 1. The van der Waals surface area contributed by atoms with Gasteiger partial charge in [-0.1, -0.05) is 0 Å². The molecule has 2 unspecified atom stereocenters. The van der Waals surface area contributed by atoms with Crippen LogP contribution in [0, 0.1) is 0 Å². The SMILES string of the molecule is CC(=O)N1CC2CC(O)CN2C2(C1)CN(C(=O)c1cccnc1)C2. The highest BCUT2D eigenvalue weighted by molar-refractivity contribution is 5.94. The summed E-state index contributed by atoms with van der Waals surface area (Å²) in [4.78, 5) is 34.5. The molecule has 1 aromatic heterocycles. The fraction of sp³-hybridized carbons (Fsp3) is 0.588. The molecule has 2 atom stereocenters. The topological polar surface area (TPSA) is 77.0 Å². The lowest BCUT2D eigenvalue weighted by molar-refractivity contribution is -0.144. The zero-order valence-corrected chi connectivity index (χ0v) is 13.8. The molecular formula is C17H22N4O3. The number of likely N-dealkylation sites (tertiary alicyclic amines) is 1. The third-order valence-corrected chi connectivity index (χ3v) is 5.53. The van der Waals surface area contributed by atoms with Crippen molar-refractivity contribution in [2.24, 2.45) is 0 Å². The molecule has 7 heteroatoms. The van der Waals surface area contributed by atoms with Crippen LogP contribution in [0.1, 0.15) is 23.7 Å². The number of hydrogen-bond acceptors (Lipinski definition) is 5. The largest absolute Gasteiger partial charge is 0.392 e. The van der Waals surface area contributed by atoms with Crippen molar-refractivity contribution in [2.45, 2.75) is 31.0 Å². The second-order valence-corrected chi connectivity index (χ2v) is 7.22. The first-order valence-corrected chi connectivity index (χ1v) is 8.38. The Morgan fingerprint density at radius 2 is 2.00 bits per heavy atom. The summed E-state index contributed by atoms with van der Waals surface area (Å²) in [5, 5.41) is 10.1. The Labute approximate surface area is 140 Å². The lowest BCUT2D eigenvalue weighted by atomic mass is 9.83. The third-order valence-electron chi connectivity index (χ3n) is 5.53. The molecule has 3 aliphatic rings. The summed E-state index contributed by atoms with van der Waals surface area (Å²) in [7, 11) is 0. The van der Waals surface area contributed by atoms with Gasteiger partial charge in [0.2, 0.25) is 5.91 Å². The van der Waals surface area contributed by atoms with Gasteiger partial charge in [0.1, 0.15) is 0 Å². The van der Waals surface area contributed by atoms with Crippen molar-refractivity contribution in [3.8, 4) is 0 Å². The molecule has 3 saturated heterocycles. The van der Waals surface area contributed by atoms with Gasteiger partial charge in [-0.2, -0.15) is 0 Å². The van der Waals surface area contributed by atoms with Crippen LogP contribution in [-0.2, 0) is 4.79 Å². The fourth-order valence-electron chi connectivity index (χ4n) is 4.41. The molecule has 3 fully saturated rings. The van der Waals surface area contributed by atoms with E-state index in [1.165, 1.54) is 0 Å². The number of β-amino-alcohol motifs (C(OH)–C–C–N with tert-alkyl or cyclic N) is 1. The highest BCUT2D eigenvalue weighted by Gasteiger charge is 2.57. The van der Waals surface area contributed by atoms with Gasteiger partial charge in [-0.25, -0.2) is 0 Å². The summed E-state index contributed by atoms with van der Waals surface area (Å²) in [5.74, 6) is 0.0393. The predicted molar refractivity (Wildman–Crippen MR) is 86.2 cm³/mol. The number of carbonyl (C=O) groups is 2. The van der Waals surface area contributed by atoms with Gasteiger partial charge in [0.25, 0.3) is 5.91 Å².